The lowest BCUT2D eigenvalue weighted by atomic mass is 9.77. The van der Waals surface area contributed by atoms with Crippen molar-refractivity contribution >= 4 is 0 Å². The van der Waals surface area contributed by atoms with E-state index in [0.29, 0.717) is 0 Å². The molecule has 116 valence electrons. The monoisotopic (exact) mass is 277 g/mol. The maximum Gasteiger partial charge on any atom is 0.00967 e. The van der Waals surface area contributed by atoms with Crippen LogP contribution in [-0.2, 0) is 0 Å². The second-order valence-electron chi connectivity index (χ2n) is 8.01. The molecule has 0 heterocycles. The SMILES string of the molecule is CC(C)(C)NCC(C1=CCCCC1)C1CCCCCC1. The van der Waals surface area contributed by atoms with Crippen LogP contribution in [0, 0.1) is 11.8 Å². The zero-order chi connectivity index (χ0) is 14.4. The maximum atomic E-state index is 3.80. The summed E-state index contributed by atoms with van der Waals surface area (Å²) in [7, 11) is 0. The standard InChI is InChI=1S/C19H35N/c1-19(2,3)20-15-18(17-13-9-6-10-14-17)16-11-7-4-5-8-12-16/h13,16,18,20H,4-12,14-15H2,1-3H3. The summed E-state index contributed by atoms with van der Waals surface area (Å²) >= 11 is 0. The molecule has 0 spiro atoms. The first-order valence-corrected chi connectivity index (χ1v) is 9.00. The van der Waals surface area contributed by atoms with Gasteiger partial charge in [-0.25, -0.2) is 0 Å². The van der Waals surface area contributed by atoms with Crippen LogP contribution in [0.25, 0.3) is 0 Å². The lowest BCUT2D eigenvalue weighted by Gasteiger charge is -2.33. The summed E-state index contributed by atoms with van der Waals surface area (Å²) in [5.41, 5.74) is 2.04. The Bertz CT molecular complexity index is 302. The molecule has 20 heavy (non-hydrogen) atoms. The number of hydrogen-bond acceptors (Lipinski definition) is 1. The van der Waals surface area contributed by atoms with Crippen molar-refractivity contribution in [1.29, 1.82) is 0 Å². The molecule has 0 saturated heterocycles. The van der Waals surface area contributed by atoms with E-state index in [-0.39, 0.29) is 5.54 Å². The van der Waals surface area contributed by atoms with Gasteiger partial charge in [0.2, 0.25) is 0 Å². The Kier molecular flexibility index (Phi) is 6.14. The third-order valence-corrected chi connectivity index (χ3v) is 5.12. The normalized spacial score (nSPS) is 24.1. The summed E-state index contributed by atoms with van der Waals surface area (Å²) in [5.74, 6) is 1.75. The Morgan fingerprint density at radius 1 is 1.05 bits per heavy atom. The van der Waals surface area contributed by atoms with Gasteiger partial charge in [-0.05, 0) is 71.1 Å². The highest BCUT2D eigenvalue weighted by Crippen LogP contribution is 2.36. The van der Waals surface area contributed by atoms with Gasteiger partial charge in [-0.15, -0.1) is 0 Å². The Morgan fingerprint density at radius 2 is 1.75 bits per heavy atom. The van der Waals surface area contributed by atoms with E-state index in [1.165, 1.54) is 70.8 Å². The van der Waals surface area contributed by atoms with Crippen molar-refractivity contribution in [3.05, 3.63) is 11.6 Å². The van der Waals surface area contributed by atoms with Crippen LogP contribution < -0.4 is 5.32 Å². The van der Waals surface area contributed by atoms with Crippen LogP contribution in [0.4, 0.5) is 0 Å². The first-order valence-electron chi connectivity index (χ1n) is 9.00. The average Bonchev–Trinajstić information content (AvgIpc) is 2.68. The molecule has 0 aromatic carbocycles. The Balaban J connectivity index is 2.03. The van der Waals surface area contributed by atoms with Gasteiger partial charge in [-0.3, -0.25) is 0 Å². The smallest absolute Gasteiger partial charge is 0.00967 e. The van der Waals surface area contributed by atoms with Crippen LogP contribution in [0.3, 0.4) is 0 Å². The summed E-state index contributed by atoms with van der Waals surface area (Å²) in [6.45, 7) is 8.09. The minimum atomic E-state index is 0.248. The Morgan fingerprint density at radius 3 is 2.30 bits per heavy atom. The van der Waals surface area contributed by atoms with Crippen LogP contribution >= 0.6 is 0 Å². The fourth-order valence-electron chi connectivity index (χ4n) is 3.93. The third kappa shape index (κ3) is 5.24. The molecule has 1 nitrogen and oxygen atoms in total. The molecular weight excluding hydrogens is 242 g/mol. The van der Waals surface area contributed by atoms with E-state index in [0.717, 1.165) is 11.8 Å². The lowest BCUT2D eigenvalue weighted by Crippen LogP contribution is -2.41. The van der Waals surface area contributed by atoms with Crippen molar-refractivity contribution in [1.82, 2.24) is 5.32 Å². The summed E-state index contributed by atoms with van der Waals surface area (Å²) in [4.78, 5) is 0. The zero-order valence-corrected chi connectivity index (χ0v) is 14.0. The van der Waals surface area contributed by atoms with Crippen LogP contribution in [0.2, 0.25) is 0 Å². The minimum Gasteiger partial charge on any atom is -0.311 e. The highest BCUT2D eigenvalue weighted by atomic mass is 14.9. The minimum absolute atomic E-state index is 0.248. The Hall–Kier alpha value is -0.300. The van der Waals surface area contributed by atoms with E-state index in [1.54, 1.807) is 5.57 Å². The van der Waals surface area contributed by atoms with E-state index < -0.39 is 0 Å². The molecule has 0 radical (unpaired) electrons. The van der Waals surface area contributed by atoms with Crippen LogP contribution in [0.1, 0.15) is 85.0 Å². The van der Waals surface area contributed by atoms with Crippen molar-refractivity contribution < 1.29 is 0 Å². The highest BCUT2D eigenvalue weighted by Gasteiger charge is 2.27. The number of hydrogen-bond donors (Lipinski definition) is 1. The first-order chi connectivity index (χ1) is 9.56. The number of allylic oxidation sites excluding steroid dienone is 1. The third-order valence-electron chi connectivity index (χ3n) is 5.12. The first kappa shape index (κ1) is 16.1. The molecule has 2 rings (SSSR count). The van der Waals surface area contributed by atoms with E-state index in [4.69, 9.17) is 0 Å². The molecule has 1 N–H and O–H groups in total. The molecule has 1 saturated carbocycles. The predicted octanol–water partition coefficient (Wildman–Crippen LogP) is 5.46. The summed E-state index contributed by atoms with van der Waals surface area (Å²) in [6, 6.07) is 0. The van der Waals surface area contributed by atoms with E-state index in [9.17, 15) is 0 Å². The largest absolute Gasteiger partial charge is 0.311 e. The van der Waals surface area contributed by atoms with Crippen LogP contribution in [-0.4, -0.2) is 12.1 Å². The van der Waals surface area contributed by atoms with Gasteiger partial charge in [-0.2, -0.15) is 0 Å². The average molecular weight is 277 g/mol. The van der Waals surface area contributed by atoms with E-state index in [1.807, 2.05) is 0 Å². The van der Waals surface area contributed by atoms with Gasteiger partial charge in [0.05, 0.1) is 0 Å². The maximum absolute atomic E-state index is 3.80. The van der Waals surface area contributed by atoms with Gasteiger partial charge in [0, 0.05) is 12.1 Å². The molecular formula is C19H35N. The molecule has 0 aromatic heterocycles. The van der Waals surface area contributed by atoms with Crippen molar-refractivity contribution in [2.24, 2.45) is 11.8 Å². The van der Waals surface area contributed by atoms with Crippen molar-refractivity contribution in [3.63, 3.8) is 0 Å². The van der Waals surface area contributed by atoms with Crippen molar-refractivity contribution in [2.75, 3.05) is 6.54 Å². The second-order valence-corrected chi connectivity index (χ2v) is 8.01. The van der Waals surface area contributed by atoms with Gasteiger partial charge < -0.3 is 5.32 Å². The summed E-state index contributed by atoms with van der Waals surface area (Å²) < 4.78 is 0. The zero-order valence-electron chi connectivity index (χ0n) is 14.0. The number of nitrogens with one attached hydrogen (secondary N) is 1. The van der Waals surface area contributed by atoms with E-state index >= 15 is 0 Å². The molecule has 2 aliphatic carbocycles. The molecule has 2 aliphatic rings. The molecule has 1 unspecified atom stereocenters. The quantitative estimate of drug-likeness (QED) is 0.531. The van der Waals surface area contributed by atoms with Gasteiger partial charge in [0.1, 0.15) is 0 Å². The van der Waals surface area contributed by atoms with Gasteiger partial charge in [0.25, 0.3) is 0 Å². The lowest BCUT2D eigenvalue weighted by molar-refractivity contribution is 0.286. The number of rotatable bonds is 4. The van der Waals surface area contributed by atoms with Crippen molar-refractivity contribution in [3.8, 4) is 0 Å². The van der Waals surface area contributed by atoms with Gasteiger partial charge in [0.15, 0.2) is 0 Å². The van der Waals surface area contributed by atoms with Gasteiger partial charge in [-0.1, -0.05) is 37.3 Å². The molecule has 0 bridgehead atoms. The molecule has 1 fully saturated rings. The fourth-order valence-corrected chi connectivity index (χ4v) is 3.93. The summed E-state index contributed by atoms with van der Waals surface area (Å²) in [6.07, 6.45) is 16.9. The molecule has 0 aromatic rings. The van der Waals surface area contributed by atoms with Crippen molar-refractivity contribution in [2.45, 2.75) is 90.5 Å². The molecule has 1 atom stereocenters. The fraction of sp³-hybridized carbons (Fsp3) is 0.895. The summed E-state index contributed by atoms with van der Waals surface area (Å²) in [5, 5.41) is 3.80. The molecule has 0 aliphatic heterocycles. The van der Waals surface area contributed by atoms with Crippen LogP contribution in [0.5, 0.6) is 0 Å². The second kappa shape index (κ2) is 7.64. The van der Waals surface area contributed by atoms with Gasteiger partial charge >= 0.3 is 0 Å². The van der Waals surface area contributed by atoms with E-state index in [2.05, 4.69) is 32.2 Å². The molecule has 0 amide bonds. The topological polar surface area (TPSA) is 12.0 Å². The Labute approximate surface area is 126 Å². The van der Waals surface area contributed by atoms with Crippen LogP contribution in [0.15, 0.2) is 11.6 Å². The highest BCUT2D eigenvalue weighted by molar-refractivity contribution is 5.12. The molecule has 1 heteroatoms. The predicted molar refractivity (Wildman–Crippen MR) is 89.0 cm³/mol.